The van der Waals surface area contributed by atoms with Crippen LogP contribution in [0.2, 0.25) is 0 Å². The van der Waals surface area contributed by atoms with Crippen molar-refractivity contribution >= 4 is 5.78 Å². The molecule has 2 heteroatoms. The molecule has 0 amide bonds. The number of ketones is 1. The summed E-state index contributed by atoms with van der Waals surface area (Å²) in [4.78, 5) is 11.5. The molecule has 2 aromatic rings. The minimum Gasteiger partial charge on any atom is -0.300 e. The van der Waals surface area contributed by atoms with E-state index in [1.54, 1.807) is 0 Å². The molecule has 0 saturated heterocycles. The Morgan fingerprint density at radius 3 is 2.22 bits per heavy atom. The van der Waals surface area contributed by atoms with Gasteiger partial charge in [0.25, 0.3) is 0 Å². The maximum Gasteiger partial charge on any atom is 2.00 e. The molecule has 0 heterocycles. The average molecular weight is 282 g/mol. The van der Waals surface area contributed by atoms with Gasteiger partial charge < -0.3 is 4.79 Å². The molecule has 0 aliphatic heterocycles. The second-order valence-corrected chi connectivity index (χ2v) is 4.45. The summed E-state index contributed by atoms with van der Waals surface area (Å²) < 4.78 is 0. The van der Waals surface area contributed by atoms with Gasteiger partial charge >= 0.3 is 17.1 Å². The van der Waals surface area contributed by atoms with E-state index in [0.29, 0.717) is 5.78 Å². The predicted molar refractivity (Wildman–Crippen MR) is 70.3 cm³/mol. The summed E-state index contributed by atoms with van der Waals surface area (Å²) in [5.74, 6) is 0.654. The van der Waals surface area contributed by atoms with Crippen LogP contribution in [0.3, 0.4) is 0 Å². The number of rotatable bonds is 1. The molecule has 1 atom stereocenters. The van der Waals surface area contributed by atoms with Crippen molar-refractivity contribution in [2.45, 2.75) is 31.6 Å². The molecule has 96 valence electrons. The summed E-state index contributed by atoms with van der Waals surface area (Å²) in [7, 11) is 0. The molecule has 0 bridgehead atoms. The Balaban J connectivity index is 0.000000230. The second-order valence-electron chi connectivity index (χ2n) is 4.45. The van der Waals surface area contributed by atoms with Crippen LogP contribution in [-0.2, 0) is 21.9 Å². The van der Waals surface area contributed by atoms with Crippen LogP contribution in [0, 0.1) is 0 Å². The van der Waals surface area contributed by atoms with Crippen LogP contribution in [0.15, 0.2) is 54.6 Å². The smallest absolute Gasteiger partial charge is 0.300 e. The van der Waals surface area contributed by atoms with Gasteiger partial charge in [0, 0.05) is 6.42 Å². The minimum absolute atomic E-state index is 0. The molecule has 3 rings (SSSR count). The summed E-state index contributed by atoms with van der Waals surface area (Å²) in [5, 5.41) is 0. The SMILES string of the molecule is O=C1CCCCC1[c-]1cccc1.[Fe+2].c1cc[cH-]c1. The summed E-state index contributed by atoms with van der Waals surface area (Å²) in [5.41, 5.74) is 1.22. The summed E-state index contributed by atoms with van der Waals surface area (Å²) >= 11 is 0. The molecule has 1 saturated carbocycles. The van der Waals surface area contributed by atoms with Gasteiger partial charge in [0.15, 0.2) is 0 Å². The van der Waals surface area contributed by atoms with Gasteiger partial charge in [0.1, 0.15) is 5.78 Å². The first-order valence-corrected chi connectivity index (χ1v) is 6.29. The van der Waals surface area contributed by atoms with E-state index >= 15 is 0 Å². The topological polar surface area (TPSA) is 17.1 Å². The van der Waals surface area contributed by atoms with E-state index in [4.69, 9.17) is 0 Å². The van der Waals surface area contributed by atoms with E-state index < -0.39 is 0 Å². The molecule has 1 fully saturated rings. The van der Waals surface area contributed by atoms with Crippen LogP contribution >= 0.6 is 0 Å². The van der Waals surface area contributed by atoms with Gasteiger partial charge in [-0.15, -0.1) is 5.56 Å². The molecular formula is C16H18FeO. The molecule has 1 unspecified atom stereocenters. The zero-order valence-electron chi connectivity index (χ0n) is 10.4. The van der Waals surface area contributed by atoms with Crippen molar-refractivity contribution in [1.29, 1.82) is 0 Å². The van der Waals surface area contributed by atoms with Crippen LogP contribution < -0.4 is 0 Å². The van der Waals surface area contributed by atoms with Gasteiger partial charge in [-0.1, -0.05) is 12.8 Å². The van der Waals surface area contributed by atoms with Gasteiger partial charge in [-0.05, 0) is 12.3 Å². The van der Waals surface area contributed by atoms with Gasteiger partial charge in [-0.2, -0.15) is 30.3 Å². The van der Waals surface area contributed by atoms with E-state index in [0.717, 1.165) is 19.3 Å². The van der Waals surface area contributed by atoms with Gasteiger partial charge in [-0.3, -0.25) is 0 Å². The maximum atomic E-state index is 11.5. The number of hydrogen-bond acceptors (Lipinski definition) is 1. The molecule has 0 spiro atoms. The standard InChI is InChI=1S/C11H13O.C5H5.Fe/c12-11-8-4-3-7-10(11)9-5-1-2-6-9;1-2-4-5-3-1;/h1-2,5-6,10H,3-4,7-8H2;1-5H;/q2*-1;+2. The summed E-state index contributed by atoms with van der Waals surface area (Å²) in [6.45, 7) is 0. The predicted octanol–water partition coefficient (Wildman–Crippen LogP) is 4.04. The summed E-state index contributed by atoms with van der Waals surface area (Å²) in [6, 6.07) is 18.1. The van der Waals surface area contributed by atoms with Crippen molar-refractivity contribution in [3.63, 3.8) is 0 Å². The normalized spacial score (nSPS) is 18.4. The van der Waals surface area contributed by atoms with Crippen LogP contribution in [0.1, 0.15) is 37.2 Å². The maximum absolute atomic E-state index is 11.5. The van der Waals surface area contributed by atoms with Gasteiger partial charge in [0.2, 0.25) is 0 Å². The molecule has 0 N–H and O–H groups in total. The Morgan fingerprint density at radius 2 is 1.72 bits per heavy atom. The molecule has 0 aromatic heterocycles. The van der Waals surface area contributed by atoms with E-state index in [-0.39, 0.29) is 23.0 Å². The first kappa shape index (κ1) is 14.9. The van der Waals surface area contributed by atoms with Crippen molar-refractivity contribution in [2.24, 2.45) is 0 Å². The third-order valence-electron chi connectivity index (χ3n) is 3.20. The summed E-state index contributed by atoms with van der Waals surface area (Å²) in [6.07, 6.45) is 4.15. The van der Waals surface area contributed by atoms with Crippen LogP contribution in [0.25, 0.3) is 0 Å². The van der Waals surface area contributed by atoms with E-state index in [1.165, 1.54) is 12.0 Å². The number of carbonyl (C=O) groups excluding carboxylic acids is 1. The average Bonchev–Trinajstić information content (AvgIpc) is 3.06. The van der Waals surface area contributed by atoms with E-state index in [2.05, 4.69) is 12.1 Å². The minimum atomic E-state index is 0. The third kappa shape index (κ3) is 4.29. The third-order valence-corrected chi connectivity index (χ3v) is 3.20. The number of Topliss-reactive ketones (excluding diaryl/α,β-unsaturated/α-hetero) is 1. The van der Waals surface area contributed by atoms with Crippen LogP contribution in [-0.4, -0.2) is 5.78 Å². The van der Waals surface area contributed by atoms with Gasteiger partial charge in [-0.25, -0.2) is 24.3 Å². The fraction of sp³-hybridized carbons (Fsp3) is 0.312. The van der Waals surface area contributed by atoms with E-state index in [1.807, 2.05) is 42.5 Å². The fourth-order valence-electron chi connectivity index (χ4n) is 2.28. The molecule has 18 heavy (non-hydrogen) atoms. The molecule has 1 aliphatic rings. The fourth-order valence-corrected chi connectivity index (χ4v) is 2.28. The van der Waals surface area contributed by atoms with Crippen LogP contribution in [0.5, 0.6) is 0 Å². The Bertz CT molecular complexity index is 397. The largest absolute Gasteiger partial charge is 2.00 e. The van der Waals surface area contributed by atoms with Crippen molar-refractivity contribution in [3.8, 4) is 0 Å². The zero-order valence-corrected chi connectivity index (χ0v) is 11.5. The van der Waals surface area contributed by atoms with Crippen molar-refractivity contribution < 1.29 is 21.9 Å². The van der Waals surface area contributed by atoms with Crippen molar-refractivity contribution in [1.82, 2.24) is 0 Å². The Labute approximate surface area is 119 Å². The first-order valence-electron chi connectivity index (χ1n) is 6.29. The Morgan fingerprint density at radius 1 is 1.06 bits per heavy atom. The quantitative estimate of drug-likeness (QED) is 0.570. The second kappa shape index (κ2) is 8.07. The number of carbonyl (C=O) groups is 1. The van der Waals surface area contributed by atoms with E-state index in [9.17, 15) is 4.79 Å². The molecular weight excluding hydrogens is 264 g/mol. The zero-order chi connectivity index (χ0) is 11.9. The Kier molecular flexibility index (Phi) is 6.70. The van der Waals surface area contributed by atoms with Crippen LogP contribution in [0.4, 0.5) is 0 Å². The number of hydrogen-bond donors (Lipinski definition) is 0. The molecule has 2 aromatic carbocycles. The first-order chi connectivity index (χ1) is 8.38. The molecule has 1 nitrogen and oxygen atoms in total. The Hall–Kier alpha value is -1.11. The monoisotopic (exact) mass is 282 g/mol. The van der Waals surface area contributed by atoms with Crippen molar-refractivity contribution in [3.05, 3.63) is 60.2 Å². The van der Waals surface area contributed by atoms with Gasteiger partial charge in [0.05, 0.1) is 0 Å². The molecule has 0 radical (unpaired) electrons. The van der Waals surface area contributed by atoms with Crippen molar-refractivity contribution in [2.75, 3.05) is 0 Å². The molecule has 1 aliphatic carbocycles.